The lowest BCUT2D eigenvalue weighted by molar-refractivity contribution is -0.140. The van der Waals surface area contributed by atoms with Crippen molar-refractivity contribution >= 4 is 45.7 Å². The van der Waals surface area contributed by atoms with E-state index in [-0.39, 0.29) is 50.4 Å². The SMILES string of the molecule is CC(C)(C)COc1c(C=Cc2sc(-c3nc4sccn4c3C(N)=O)nc2C(F)(F)F)cccc1OC(F)F. The molecule has 1 amide bonds. The van der Waals surface area contributed by atoms with Gasteiger partial charge < -0.3 is 15.2 Å². The number of benzene rings is 1. The molecule has 4 aromatic rings. The first-order valence-corrected chi connectivity index (χ1v) is 12.7. The molecule has 0 bridgehead atoms. The molecule has 0 saturated heterocycles. The van der Waals surface area contributed by atoms with E-state index in [0.29, 0.717) is 16.3 Å². The van der Waals surface area contributed by atoms with Gasteiger partial charge in [-0.1, -0.05) is 32.9 Å². The lowest BCUT2D eigenvalue weighted by Crippen LogP contribution is -2.18. The molecular weight excluding hydrogens is 551 g/mol. The number of fused-ring (bicyclic) bond motifs is 1. The normalized spacial score (nSPS) is 12.7. The van der Waals surface area contributed by atoms with Crippen molar-refractivity contribution < 1.29 is 36.2 Å². The van der Waals surface area contributed by atoms with E-state index < -0.39 is 24.4 Å². The maximum atomic E-state index is 13.9. The highest BCUT2D eigenvalue weighted by molar-refractivity contribution is 7.16. The Hall–Kier alpha value is -3.52. The van der Waals surface area contributed by atoms with Crippen LogP contribution >= 0.6 is 22.7 Å². The first-order chi connectivity index (χ1) is 17.7. The Bertz CT molecular complexity index is 1500. The van der Waals surface area contributed by atoms with Gasteiger partial charge in [0, 0.05) is 17.1 Å². The summed E-state index contributed by atoms with van der Waals surface area (Å²) in [5.41, 5.74) is 4.00. The van der Waals surface area contributed by atoms with Gasteiger partial charge in [0.1, 0.15) is 16.4 Å². The molecule has 7 nitrogen and oxygen atoms in total. The van der Waals surface area contributed by atoms with E-state index >= 15 is 0 Å². The third-order valence-electron chi connectivity index (χ3n) is 4.91. The summed E-state index contributed by atoms with van der Waals surface area (Å²) in [6.07, 6.45) is -0.852. The van der Waals surface area contributed by atoms with E-state index in [9.17, 15) is 26.7 Å². The quantitative estimate of drug-likeness (QED) is 0.234. The number of rotatable bonds is 8. The van der Waals surface area contributed by atoms with Crippen LogP contribution in [0.4, 0.5) is 22.0 Å². The van der Waals surface area contributed by atoms with Gasteiger partial charge in [0.15, 0.2) is 22.2 Å². The number of imidazole rings is 1. The van der Waals surface area contributed by atoms with Crippen LogP contribution < -0.4 is 15.2 Å². The van der Waals surface area contributed by atoms with Gasteiger partial charge >= 0.3 is 12.8 Å². The standard InChI is InChI=1S/C24H21F5N4O3S2/c1-23(2,3)11-35-17-12(5-4-6-13(17)36-21(25)26)7-8-14-18(24(27,28)29)32-20(38-14)15-16(19(30)34)33-9-10-37-22(33)31-15/h4-10,21H,11H2,1-3H3,(H2,30,34). The highest BCUT2D eigenvalue weighted by atomic mass is 32.1. The number of primary amides is 1. The van der Waals surface area contributed by atoms with E-state index in [1.165, 1.54) is 46.2 Å². The van der Waals surface area contributed by atoms with E-state index in [1.54, 1.807) is 5.38 Å². The van der Waals surface area contributed by atoms with Crippen LogP contribution in [-0.4, -0.2) is 33.5 Å². The number of nitrogens with two attached hydrogens (primary N) is 1. The Labute approximate surface area is 221 Å². The van der Waals surface area contributed by atoms with Crippen molar-refractivity contribution in [3.05, 3.63) is 51.6 Å². The van der Waals surface area contributed by atoms with Gasteiger partial charge in [-0.15, -0.1) is 22.7 Å². The molecule has 4 rings (SSSR count). The van der Waals surface area contributed by atoms with Crippen LogP contribution in [-0.2, 0) is 6.18 Å². The Morgan fingerprint density at radius 1 is 1.18 bits per heavy atom. The minimum atomic E-state index is -4.83. The summed E-state index contributed by atoms with van der Waals surface area (Å²) in [5.74, 6) is -1.16. The number of hydrogen-bond acceptors (Lipinski definition) is 7. The predicted molar refractivity (Wildman–Crippen MR) is 135 cm³/mol. The van der Waals surface area contributed by atoms with Gasteiger partial charge in [-0.25, -0.2) is 9.97 Å². The molecule has 0 fully saturated rings. The lowest BCUT2D eigenvalue weighted by atomic mass is 9.98. The van der Waals surface area contributed by atoms with Crippen molar-refractivity contribution in [1.82, 2.24) is 14.4 Å². The summed E-state index contributed by atoms with van der Waals surface area (Å²) in [5, 5.41) is 1.50. The molecule has 0 unspecified atom stereocenters. The smallest absolute Gasteiger partial charge is 0.434 e. The number of para-hydroxylation sites is 1. The summed E-state index contributed by atoms with van der Waals surface area (Å²) in [7, 11) is 0. The highest BCUT2D eigenvalue weighted by Crippen LogP contribution is 2.41. The van der Waals surface area contributed by atoms with E-state index in [2.05, 4.69) is 14.7 Å². The monoisotopic (exact) mass is 572 g/mol. The van der Waals surface area contributed by atoms with Crippen molar-refractivity contribution in [2.75, 3.05) is 6.61 Å². The number of nitrogens with zero attached hydrogens (tertiary/aromatic N) is 3. The van der Waals surface area contributed by atoms with Crippen molar-refractivity contribution in [3.8, 4) is 22.2 Å². The van der Waals surface area contributed by atoms with Gasteiger partial charge in [0.2, 0.25) is 0 Å². The fourth-order valence-electron chi connectivity index (χ4n) is 3.38. The molecular formula is C24H21F5N4O3S2. The number of alkyl halides is 5. The Morgan fingerprint density at radius 3 is 2.55 bits per heavy atom. The zero-order valence-corrected chi connectivity index (χ0v) is 21.8. The van der Waals surface area contributed by atoms with Crippen LogP contribution in [0, 0.1) is 5.41 Å². The number of amides is 1. The summed E-state index contributed by atoms with van der Waals surface area (Å²) < 4.78 is 79.4. The number of ether oxygens (including phenoxy) is 2. The second-order valence-electron chi connectivity index (χ2n) is 9.19. The molecule has 0 saturated carbocycles. The molecule has 0 spiro atoms. The van der Waals surface area contributed by atoms with E-state index in [4.69, 9.17) is 10.5 Å². The Balaban J connectivity index is 1.79. The maximum absolute atomic E-state index is 13.9. The van der Waals surface area contributed by atoms with E-state index in [0.717, 1.165) is 6.08 Å². The Morgan fingerprint density at radius 2 is 1.92 bits per heavy atom. The average molecular weight is 573 g/mol. The van der Waals surface area contributed by atoms with Crippen molar-refractivity contribution in [2.24, 2.45) is 11.1 Å². The molecule has 0 radical (unpaired) electrons. The Kier molecular flexibility index (Phi) is 7.48. The second-order valence-corrected chi connectivity index (χ2v) is 11.1. The summed E-state index contributed by atoms with van der Waals surface area (Å²) >= 11 is 1.84. The zero-order chi connectivity index (χ0) is 27.8. The van der Waals surface area contributed by atoms with Crippen molar-refractivity contribution in [1.29, 1.82) is 0 Å². The molecule has 3 heterocycles. The fraction of sp³-hybridized carbons (Fsp3) is 0.292. The molecule has 0 aliphatic carbocycles. The van der Waals surface area contributed by atoms with Crippen molar-refractivity contribution in [2.45, 2.75) is 33.6 Å². The van der Waals surface area contributed by atoms with Crippen LogP contribution in [0.25, 0.3) is 27.8 Å². The second kappa shape index (κ2) is 10.3. The molecule has 2 N–H and O–H groups in total. The van der Waals surface area contributed by atoms with Crippen LogP contribution in [0.3, 0.4) is 0 Å². The number of halogens is 5. The van der Waals surface area contributed by atoms with Gasteiger partial charge in [-0.2, -0.15) is 22.0 Å². The summed E-state index contributed by atoms with van der Waals surface area (Å²) in [4.78, 5) is 20.1. The molecule has 3 aromatic heterocycles. The number of carbonyl (C=O) groups excluding carboxylic acids is 1. The molecule has 0 atom stereocenters. The number of aromatic nitrogens is 3. The number of carbonyl (C=O) groups is 1. The molecule has 202 valence electrons. The first kappa shape index (κ1) is 27.5. The van der Waals surface area contributed by atoms with Crippen molar-refractivity contribution in [3.63, 3.8) is 0 Å². The number of thiazole rings is 2. The molecule has 0 aliphatic rings. The fourth-order valence-corrected chi connectivity index (χ4v) is 5.07. The van der Waals surface area contributed by atoms with Gasteiger partial charge in [-0.05, 0) is 23.6 Å². The summed E-state index contributed by atoms with van der Waals surface area (Å²) in [6.45, 7) is 2.61. The number of hydrogen-bond donors (Lipinski definition) is 1. The van der Waals surface area contributed by atoms with Gasteiger partial charge in [-0.3, -0.25) is 9.20 Å². The van der Waals surface area contributed by atoms with Crippen LogP contribution in [0.5, 0.6) is 11.5 Å². The lowest BCUT2D eigenvalue weighted by Gasteiger charge is -2.21. The molecule has 38 heavy (non-hydrogen) atoms. The maximum Gasteiger partial charge on any atom is 0.434 e. The largest absolute Gasteiger partial charge is 0.489 e. The summed E-state index contributed by atoms with van der Waals surface area (Å²) in [6, 6.07) is 4.20. The predicted octanol–water partition coefficient (Wildman–Crippen LogP) is 6.83. The molecule has 1 aromatic carbocycles. The third kappa shape index (κ3) is 5.96. The average Bonchev–Trinajstić information content (AvgIpc) is 3.49. The third-order valence-corrected chi connectivity index (χ3v) is 6.69. The van der Waals surface area contributed by atoms with E-state index in [1.807, 2.05) is 20.8 Å². The minimum Gasteiger partial charge on any atom is -0.489 e. The van der Waals surface area contributed by atoms with Crippen LogP contribution in [0.2, 0.25) is 0 Å². The molecule has 14 heteroatoms. The first-order valence-electron chi connectivity index (χ1n) is 11.0. The zero-order valence-electron chi connectivity index (χ0n) is 20.2. The highest BCUT2D eigenvalue weighted by Gasteiger charge is 2.38. The van der Waals surface area contributed by atoms with Gasteiger partial charge in [0.25, 0.3) is 5.91 Å². The van der Waals surface area contributed by atoms with Crippen LogP contribution in [0.15, 0.2) is 29.8 Å². The van der Waals surface area contributed by atoms with Crippen LogP contribution in [0.1, 0.15) is 47.4 Å². The topological polar surface area (TPSA) is 91.7 Å². The van der Waals surface area contributed by atoms with Gasteiger partial charge in [0.05, 0.1) is 11.5 Å². The minimum absolute atomic E-state index is 0.0392. The molecule has 0 aliphatic heterocycles.